The number of alkyl carbamates (subject to hydrolysis) is 1. The van der Waals surface area contributed by atoms with Gasteiger partial charge in [-0.2, -0.15) is 0 Å². The van der Waals surface area contributed by atoms with E-state index in [9.17, 15) is 19.5 Å². The SMILES string of the molecule is O=C(NCC1CCCC(C(=O)NCC[C@H](O)C(=O)O)C1)OCC1c2ccccc2-c2ccccc21. The van der Waals surface area contributed by atoms with Crippen LogP contribution in [-0.2, 0) is 14.3 Å². The van der Waals surface area contributed by atoms with Crippen LogP contribution in [-0.4, -0.2) is 54.0 Å². The number of aliphatic hydroxyl groups is 1. The summed E-state index contributed by atoms with van der Waals surface area (Å²) in [6.07, 6.45) is 1.25. The maximum Gasteiger partial charge on any atom is 0.407 e. The van der Waals surface area contributed by atoms with Crippen molar-refractivity contribution < 1.29 is 29.3 Å². The predicted molar refractivity (Wildman–Crippen MR) is 130 cm³/mol. The molecule has 35 heavy (non-hydrogen) atoms. The highest BCUT2D eigenvalue weighted by molar-refractivity contribution is 5.79. The first-order chi connectivity index (χ1) is 16.9. The van der Waals surface area contributed by atoms with Crippen molar-refractivity contribution in [2.45, 2.75) is 44.1 Å². The van der Waals surface area contributed by atoms with Gasteiger partial charge in [0.25, 0.3) is 0 Å². The second kappa shape index (κ2) is 11.4. The summed E-state index contributed by atoms with van der Waals surface area (Å²) >= 11 is 0. The summed E-state index contributed by atoms with van der Waals surface area (Å²) < 4.78 is 5.60. The molecule has 0 radical (unpaired) electrons. The molecule has 1 fully saturated rings. The lowest BCUT2D eigenvalue weighted by molar-refractivity contribution is -0.147. The molecular formula is C27H32N2O6. The van der Waals surface area contributed by atoms with Crippen LogP contribution in [0.4, 0.5) is 4.79 Å². The standard InChI is InChI=1S/C27H32N2O6/c30-24(26(32)33)12-13-28-25(31)18-7-5-6-17(14-18)15-29-27(34)35-16-23-21-10-3-1-8-19(21)20-9-2-4-11-22(20)23/h1-4,8-11,17-18,23-24,30H,5-7,12-16H2,(H,28,31)(H,29,34)(H,32,33)/t17?,18?,24-/m0/s1. The van der Waals surface area contributed by atoms with Gasteiger partial charge in [-0.05, 0) is 47.4 Å². The molecule has 2 aliphatic carbocycles. The molecule has 0 aliphatic heterocycles. The number of hydrogen-bond donors (Lipinski definition) is 4. The van der Waals surface area contributed by atoms with Crippen LogP contribution in [0.25, 0.3) is 11.1 Å². The average Bonchev–Trinajstić information content (AvgIpc) is 3.20. The molecule has 1 saturated carbocycles. The lowest BCUT2D eigenvalue weighted by Crippen LogP contribution is -2.38. The van der Waals surface area contributed by atoms with Crippen LogP contribution in [0, 0.1) is 11.8 Å². The summed E-state index contributed by atoms with van der Waals surface area (Å²) in [5, 5.41) is 23.6. The van der Waals surface area contributed by atoms with Gasteiger partial charge in [-0.15, -0.1) is 0 Å². The molecule has 2 aromatic carbocycles. The van der Waals surface area contributed by atoms with E-state index >= 15 is 0 Å². The van der Waals surface area contributed by atoms with Crippen molar-refractivity contribution in [3.8, 4) is 11.1 Å². The first-order valence-electron chi connectivity index (χ1n) is 12.2. The van der Waals surface area contributed by atoms with Gasteiger partial charge >= 0.3 is 12.1 Å². The smallest absolute Gasteiger partial charge is 0.407 e. The largest absolute Gasteiger partial charge is 0.479 e. The van der Waals surface area contributed by atoms with E-state index < -0.39 is 18.2 Å². The van der Waals surface area contributed by atoms with Crippen LogP contribution in [0.1, 0.15) is 49.1 Å². The van der Waals surface area contributed by atoms with Gasteiger partial charge in [0.2, 0.25) is 5.91 Å². The van der Waals surface area contributed by atoms with Gasteiger partial charge in [0.15, 0.2) is 6.10 Å². The van der Waals surface area contributed by atoms with Crippen molar-refractivity contribution in [3.63, 3.8) is 0 Å². The second-order valence-electron chi connectivity index (χ2n) is 9.37. The zero-order valence-electron chi connectivity index (χ0n) is 19.6. The van der Waals surface area contributed by atoms with E-state index in [2.05, 4.69) is 34.9 Å². The molecule has 0 saturated heterocycles. The highest BCUT2D eigenvalue weighted by Crippen LogP contribution is 2.44. The Morgan fingerprint density at radius 3 is 2.29 bits per heavy atom. The highest BCUT2D eigenvalue weighted by atomic mass is 16.5. The van der Waals surface area contributed by atoms with Crippen LogP contribution in [0.15, 0.2) is 48.5 Å². The molecule has 8 heteroatoms. The van der Waals surface area contributed by atoms with Gasteiger partial charge < -0.3 is 25.6 Å². The molecule has 0 bridgehead atoms. The third kappa shape index (κ3) is 6.00. The number of aliphatic carboxylic acids is 1. The fourth-order valence-electron chi connectivity index (χ4n) is 5.19. The van der Waals surface area contributed by atoms with Gasteiger partial charge in [0.05, 0.1) is 0 Å². The number of carbonyl (C=O) groups excluding carboxylic acids is 2. The highest BCUT2D eigenvalue weighted by Gasteiger charge is 2.30. The molecule has 2 amide bonds. The fourth-order valence-corrected chi connectivity index (χ4v) is 5.19. The Bertz CT molecular complexity index is 1030. The number of amides is 2. The number of rotatable bonds is 9. The zero-order valence-corrected chi connectivity index (χ0v) is 19.6. The molecule has 2 aliphatic rings. The summed E-state index contributed by atoms with van der Waals surface area (Å²) in [6, 6.07) is 16.4. The van der Waals surface area contributed by atoms with Crippen LogP contribution in [0.3, 0.4) is 0 Å². The fraction of sp³-hybridized carbons (Fsp3) is 0.444. The minimum atomic E-state index is -1.48. The van der Waals surface area contributed by atoms with Gasteiger partial charge in [-0.1, -0.05) is 55.0 Å². The Labute approximate surface area is 204 Å². The Kier molecular flexibility index (Phi) is 8.02. The Morgan fingerprint density at radius 1 is 0.971 bits per heavy atom. The van der Waals surface area contributed by atoms with E-state index in [4.69, 9.17) is 9.84 Å². The predicted octanol–water partition coefficient (Wildman–Crippen LogP) is 3.28. The van der Waals surface area contributed by atoms with Crippen molar-refractivity contribution in [2.24, 2.45) is 11.8 Å². The summed E-state index contributed by atoms with van der Waals surface area (Å²) in [5.74, 6) is -1.43. The number of hydrogen-bond acceptors (Lipinski definition) is 5. The van der Waals surface area contributed by atoms with E-state index in [1.807, 2.05) is 24.3 Å². The zero-order chi connectivity index (χ0) is 24.8. The maximum atomic E-state index is 12.5. The number of benzene rings is 2. The molecule has 0 heterocycles. The quantitative estimate of drug-likeness (QED) is 0.437. The number of carbonyl (C=O) groups is 3. The molecule has 186 valence electrons. The van der Waals surface area contributed by atoms with Gasteiger partial charge in [0.1, 0.15) is 6.61 Å². The molecule has 0 aromatic heterocycles. The summed E-state index contributed by atoms with van der Waals surface area (Å²) in [6.45, 7) is 0.821. The molecule has 8 nitrogen and oxygen atoms in total. The Hall–Kier alpha value is -3.39. The number of aliphatic hydroxyl groups excluding tert-OH is 1. The first kappa shape index (κ1) is 24.7. The van der Waals surface area contributed by atoms with Crippen molar-refractivity contribution in [1.29, 1.82) is 0 Å². The van der Waals surface area contributed by atoms with Crippen molar-refractivity contribution in [3.05, 3.63) is 59.7 Å². The summed E-state index contributed by atoms with van der Waals surface area (Å²) in [7, 11) is 0. The topological polar surface area (TPSA) is 125 Å². The minimum Gasteiger partial charge on any atom is -0.479 e. The number of carboxylic acids is 1. The number of ether oxygens (including phenoxy) is 1. The van der Waals surface area contributed by atoms with E-state index in [0.29, 0.717) is 13.0 Å². The molecular weight excluding hydrogens is 448 g/mol. The molecule has 4 rings (SSSR count). The third-order valence-electron chi connectivity index (χ3n) is 7.03. The summed E-state index contributed by atoms with van der Waals surface area (Å²) in [4.78, 5) is 35.6. The van der Waals surface area contributed by atoms with Crippen LogP contribution < -0.4 is 10.6 Å². The molecule has 3 atom stereocenters. The summed E-state index contributed by atoms with van der Waals surface area (Å²) in [5.41, 5.74) is 4.69. The van der Waals surface area contributed by atoms with Crippen LogP contribution >= 0.6 is 0 Å². The molecule has 4 N–H and O–H groups in total. The number of carboxylic acid groups (broad SMARTS) is 1. The normalized spacial score (nSPS) is 19.8. The molecule has 2 aromatic rings. The van der Waals surface area contributed by atoms with Gasteiger partial charge in [-0.25, -0.2) is 9.59 Å². The van der Waals surface area contributed by atoms with E-state index in [-0.39, 0.29) is 43.2 Å². The Balaban J connectivity index is 1.22. The minimum absolute atomic E-state index is 0.00977. The second-order valence-corrected chi connectivity index (χ2v) is 9.37. The van der Waals surface area contributed by atoms with Gasteiger partial charge in [-0.3, -0.25) is 4.79 Å². The van der Waals surface area contributed by atoms with Gasteiger partial charge in [0, 0.05) is 31.3 Å². The first-order valence-corrected chi connectivity index (χ1v) is 12.2. The number of fused-ring (bicyclic) bond motifs is 3. The van der Waals surface area contributed by atoms with E-state index in [1.165, 1.54) is 22.3 Å². The van der Waals surface area contributed by atoms with Crippen molar-refractivity contribution >= 4 is 18.0 Å². The Morgan fingerprint density at radius 2 is 1.63 bits per heavy atom. The van der Waals surface area contributed by atoms with Crippen molar-refractivity contribution in [1.82, 2.24) is 10.6 Å². The number of nitrogens with one attached hydrogen (secondary N) is 2. The van der Waals surface area contributed by atoms with E-state index in [1.54, 1.807) is 0 Å². The van der Waals surface area contributed by atoms with Crippen LogP contribution in [0.2, 0.25) is 0 Å². The molecule has 2 unspecified atom stereocenters. The average molecular weight is 481 g/mol. The van der Waals surface area contributed by atoms with E-state index in [0.717, 1.165) is 19.3 Å². The third-order valence-corrected chi connectivity index (χ3v) is 7.03. The van der Waals surface area contributed by atoms with Crippen LogP contribution in [0.5, 0.6) is 0 Å². The molecule has 0 spiro atoms. The monoisotopic (exact) mass is 480 g/mol. The van der Waals surface area contributed by atoms with Crippen molar-refractivity contribution in [2.75, 3.05) is 19.7 Å². The lowest BCUT2D eigenvalue weighted by Gasteiger charge is -2.28. The lowest BCUT2D eigenvalue weighted by atomic mass is 9.81. The maximum absolute atomic E-state index is 12.5.